The Bertz CT molecular complexity index is 757. The minimum Gasteiger partial charge on any atom is -0.320 e. The quantitative estimate of drug-likeness (QED) is 0.852. The van der Waals surface area contributed by atoms with E-state index in [1.165, 1.54) is 6.07 Å². The number of nitrogens with zero attached hydrogens (tertiary/aromatic N) is 2. The molecule has 5 heteroatoms. The molecule has 2 aromatic rings. The van der Waals surface area contributed by atoms with Crippen LogP contribution < -0.4 is 10.4 Å². The van der Waals surface area contributed by atoms with E-state index in [-0.39, 0.29) is 11.9 Å². The van der Waals surface area contributed by atoms with Crippen molar-refractivity contribution >= 4 is 11.4 Å². The average Bonchev–Trinajstić information content (AvgIpc) is 2.61. The highest BCUT2D eigenvalue weighted by molar-refractivity contribution is 5.70. The average molecular weight is 325 g/mol. The Balaban J connectivity index is 1.96. The van der Waals surface area contributed by atoms with E-state index < -0.39 is 0 Å². The van der Waals surface area contributed by atoms with Crippen LogP contribution >= 0.6 is 0 Å². The molecular weight excluding hydrogens is 305 g/mol. The van der Waals surface area contributed by atoms with Crippen LogP contribution in [0.1, 0.15) is 24.0 Å². The number of para-hydroxylation sites is 1. The summed E-state index contributed by atoms with van der Waals surface area (Å²) in [6, 6.07) is 14.2. The second-order valence-electron chi connectivity index (χ2n) is 5.87. The van der Waals surface area contributed by atoms with Crippen LogP contribution in [-0.2, 0) is 11.3 Å². The minimum absolute atomic E-state index is 0.0422. The van der Waals surface area contributed by atoms with Crippen molar-refractivity contribution in [3.8, 4) is 6.07 Å². The molecule has 0 radical (unpaired) electrons. The molecule has 0 amide bonds. The number of nitriles is 1. The molecule has 0 aliphatic carbocycles. The molecule has 1 heterocycles. The zero-order valence-electron chi connectivity index (χ0n) is 13.6. The summed E-state index contributed by atoms with van der Waals surface area (Å²) < 4.78 is 13.7. The van der Waals surface area contributed by atoms with Gasteiger partial charge in [0.15, 0.2) is 0 Å². The molecule has 2 aromatic carbocycles. The summed E-state index contributed by atoms with van der Waals surface area (Å²) in [6.45, 7) is 0.907. The van der Waals surface area contributed by atoms with Gasteiger partial charge in [-0.05, 0) is 62.3 Å². The Morgan fingerprint density at radius 3 is 2.92 bits per heavy atom. The molecule has 0 saturated heterocycles. The summed E-state index contributed by atoms with van der Waals surface area (Å²) in [7, 11) is 1.92. The standard InChI is InChI=1S/C19H20FN3O/c1-22-10-4-6-17-12-15-11-16(20)8-9-19(15)23(24-17)18-7-3-2-5-14(18)13-21/h2-3,5,7-9,11,17,22H,4,6,10,12H2,1H3. The van der Waals surface area contributed by atoms with Crippen LogP contribution in [0.25, 0.3) is 0 Å². The predicted octanol–water partition coefficient (Wildman–Crippen LogP) is 3.69. The van der Waals surface area contributed by atoms with E-state index in [4.69, 9.17) is 4.84 Å². The van der Waals surface area contributed by atoms with Crippen LogP contribution in [-0.4, -0.2) is 19.7 Å². The van der Waals surface area contributed by atoms with Crippen molar-refractivity contribution in [2.75, 3.05) is 18.7 Å². The van der Waals surface area contributed by atoms with Crippen LogP contribution in [0, 0.1) is 17.1 Å². The van der Waals surface area contributed by atoms with E-state index in [0.29, 0.717) is 17.7 Å². The summed E-state index contributed by atoms with van der Waals surface area (Å²) in [6.07, 6.45) is 2.46. The molecule has 4 nitrogen and oxygen atoms in total. The lowest BCUT2D eigenvalue weighted by Crippen LogP contribution is -2.34. The van der Waals surface area contributed by atoms with E-state index in [1.54, 1.807) is 23.3 Å². The van der Waals surface area contributed by atoms with Crippen LogP contribution in [0.2, 0.25) is 0 Å². The van der Waals surface area contributed by atoms with Gasteiger partial charge in [0, 0.05) is 6.42 Å². The molecule has 1 unspecified atom stereocenters. The third kappa shape index (κ3) is 3.40. The number of hydrogen-bond donors (Lipinski definition) is 1. The Morgan fingerprint density at radius 2 is 2.12 bits per heavy atom. The van der Waals surface area contributed by atoms with Crippen molar-refractivity contribution in [1.29, 1.82) is 5.26 Å². The van der Waals surface area contributed by atoms with Crippen LogP contribution in [0.3, 0.4) is 0 Å². The molecular formula is C19H20FN3O. The van der Waals surface area contributed by atoms with Crippen molar-refractivity contribution < 1.29 is 9.23 Å². The van der Waals surface area contributed by atoms with Crippen LogP contribution in [0.15, 0.2) is 42.5 Å². The molecule has 1 N–H and O–H groups in total. The number of fused-ring (bicyclic) bond motifs is 1. The normalized spacial score (nSPS) is 16.5. The largest absolute Gasteiger partial charge is 0.320 e. The lowest BCUT2D eigenvalue weighted by Gasteiger charge is -2.35. The monoisotopic (exact) mass is 325 g/mol. The van der Waals surface area contributed by atoms with Gasteiger partial charge in [-0.3, -0.25) is 4.84 Å². The first kappa shape index (κ1) is 16.4. The van der Waals surface area contributed by atoms with Gasteiger partial charge < -0.3 is 5.32 Å². The van der Waals surface area contributed by atoms with Gasteiger partial charge in [0.1, 0.15) is 11.9 Å². The van der Waals surface area contributed by atoms with Crippen molar-refractivity contribution in [3.05, 3.63) is 59.4 Å². The lowest BCUT2D eigenvalue weighted by atomic mass is 10.00. The van der Waals surface area contributed by atoms with E-state index in [0.717, 1.165) is 30.6 Å². The first-order valence-corrected chi connectivity index (χ1v) is 8.12. The maximum atomic E-state index is 13.7. The molecule has 24 heavy (non-hydrogen) atoms. The molecule has 0 aromatic heterocycles. The molecule has 1 aliphatic heterocycles. The predicted molar refractivity (Wildman–Crippen MR) is 91.4 cm³/mol. The second-order valence-corrected chi connectivity index (χ2v) is 5.87. The minimum atomic E-state index is -0.252. The fourth-order valence-corrected chi connectivity index (χ4v) is 3.00. The van der Waals surface area contributed by atoms with E-state index in [9.17, 15) is 9.65 Å². The summed E-state index contributed by atoms with van der Waals surface area (Å²) in [4.78, 5) is 6.16. The maximum Gasteiger partial charge on any atom is 0.123 e. The highest BCUT2D eigenvalue weighted by Gasteiger charge is 2.28. The number of rotatable bonds is 5. The Kier molecular flexibility index (Phi) is 5.09. The molecule has 0 fully saturated rings. The van der Waals surface area contributed by atoms with Gasteiger partial charge in [0.2, 0.25) is 0 Å². The van der Waals surface area contributed by atoms with E-state index in [1.807, 2.05) is 25.2 Å². The van der Waals surface area contributed by atoms with Gasteiger partial charge in [-0.25, -0.2) is 9.45 Å². The van der Waals surface area contributed by atoms with Gasteiger partial charge in [0.05, 0.1) is 23.0 Å². The number of benzene rings is 2. The molecule has 1 atom stereocenters. The Morgan fingerprint density at radius 1 is 1.29 bits per heavy atom. The van der Waals surface area contributed by atoms with Crippen molar-refractivity contribution in [1.82, 2.24) is 5.32 Å². The van der Waals surface area contributed by atoms with Gasteiger partial charge >= 0.3 is 0 Å². The van der Waals surface area contributed by atoms with Gasteiger partial charge in [-0.2, -0.15) is 5.26 Å². The van der Waals surface area contributed by atoms with Gasteiger partial charge in [-0.1, -0.05) is 12.1 Å². The highest BCUT2D eigenvalue weighted by Crippen LogP contribution is 2.37. The molecule has 0 bridgehead atoms. The highest BCUT2D eigenvalue weighted by atomic mass is 19.1. The summed E-state index contributed by atoms with van der Waals surface area (Å²) >= 11 is 0. The van der Waals surface area contributed by atoms with Gasteiger partial charge in [-0.15, -0.1) is 0 Å². The smallest absolute Gasteiger partial charge is 0.123 e. The fraction of sp³-hybridized carbons (Fsp3) is 0.316. The first-order valence-electron chi connectivity index (χ1n) is 8.12. The van der Waals surface area contributed by atoms with Crippen LogP contribution in [0.5, 0.6) is 0 Å². The third-order valence-electron chi connectivity index (χ3n) is 4.16. The zero-order valence-corrected chi connectivity index (χ0v) is 13.6. The van der Waals surface area contributed by atoms with Crippen molar-refractivity contribution in [3.63, 3.8) is 0 Å². The molecule has 124 valence electrons. The van der Waals surface area contributed by atoms with E-state index in [2.05, 4.69) is 11.4 Å². The molecule has 0 saturated carbocycles. The topological polar surface area (TPSA) is 48.3 Å². The molecule has 0 spiro atoms. The molecule has 1 aliphatic rings. The number of halogens is 1. The lowest BCUT2D eigenvalue weighted by molar-refractivity contribution is 0.0367. The Hall–Kier alpha value is -2.42. The number of nitrogens with one attached hydrogen (secondary N) is 1. The SMILES string of the molecule is CNCCCC1Cc2cc(F)ccc2N(c2ccccc2C#N)O1. The summed E-state index contributed by atoms with van der Waals surface area (Å²) in [5.74, 6) is -0.252. The third-order valence-corrected chi connectivity index (χ3v) is 4.16. The van der Waals surface area contributed by atoms with E-state index >= 15 is 0 Å². The van der Waals surface area contributed by atoms with Crippen LogP contribution in [0.4, 0.5) is 15.8 Å². The first-order chi connectivity index (χ1) is 11.7. The number of hydrogen-bond acceptors (Lipinski definition) is 4. The van der Waals surface area contributed by atoms with Gasteiger partial charge in [0.25, 0.3) is 0 Å². The fourth-order valence-electron chi connectivity index (χ4n) is 3.00. The summed E-state index contributed by atoms with van der Waals surface area (Å²) in [5, 5.41) is 14.2. The van der Waals surface area contributed by atoms with Crippen molar-refractivity contribution in [2.45, 2.75) is 25.4 Å². The summed E-state index contributed by atoms with van der Waals surface area (Å²) in [5.41, 5.74) is 2.92. The zero-order chi connectivity index (χ0) is 16.9. The maximum absolute atomic E-state index is 13.7. The Labute approximate surface area is 141 Å². The number of anilines is 2. The second kappa shape index (κ2) is 7.43. The van der Waals surface area contributed by atoms with Crippen molar-refractivity contribution in [2.24, 2.45) is 0 Å². The molecule has 3 rings (SSSR count).